The van der Waals surface area contributed by atoms with Crippen molar-refractivity contribution in [1.82, 2.24) is 29.6 Å². The third-order valence-electron chi connectivity index (χ3n) is 5.25. The largest absolute Gasteiger partial charge is 0.352 e. The van der Waals surface area contributed by atoms with Gasteiger partial charge in [0.15, 0.2) is 11.5 Å². The second-order valence-electron chi connectivity index (χ2n) is 6.93. The molecule has 1 atom stereocenters. The van der Waals surface area contributed by atoms with Gasteiger partial charge in [-0.2, -0.15) is 9.61 Å². The molecule has 1 aliphatic heterocycles. The Labute approximate surface area is 140 Å². The van der Waals surface area contributed by atoms with Crippen molar-refractivity contribution in [2.75, 3.05) is 11.4 Å². The minimum atomic E-state index is 0.478. The normalized spacial score (nSPS) is 21.0. The standard InChI is InChI=1S/C17H21N7/c1-22-13(8-9-18-22)11-14-3-2-10-23(14)16-7-6-15-19-20-17(12-4-5-12)24(15)21-16/h6-9,12,14H,2-5,10-11H2,1H3/t14-/m1/s1. The van der Waals surface area contributed by atoms with Crippen molar-refractivity contribution >= 4 is 11.5 Å². The average Bonchev–Trinajstić information content (AvgIpc) is 3.01. The molecule has 0 aromatic carbocycles. The van der Waals surface area contributed by atoms with Crippen LogP contribution in [0.15, 0.2) is 24.4 Å². The predicted octanol–water partition coefficient (Wildman–Crippen LogP) is 1.95. The van der Waals surface area contributed by atoms with Gasteiger partial charge in [-0.25, -0.2) is 0 Å². The van der Waals surface area contributed by atoms with Gasteiger partial charge in [-0.1, -0.05) is 0 Å². The van der Waals surface area contributed by atoms with Crippen molar-refractivity contribution in [3.8, 4) is 0 Å². The van der Waals surface area contributed by atoms with Crippen LogP contribution in [0.5, 0.6) is 0 Å². The predicted molar refractivity (Wildman–Crippen MR) is 90.0 cm³/mol. The molecule has 124 valence electrons. The van der Waals surface area contributed by atoms with E-state index in [4.69, 9.17) is 5.10 Å². The number of aryl methyl sites for hydroxylation is 1. The summed E-state index contributed by atoms with van der Waals surface area (Å²) in [6.45, 7) is 1.06. The Morgan fingerprint density at radius 2 is 2.04 bits per heavy atom. The minimum absolute atomic E-state index is 0.478. The molecule has 3 aromatic rings. The molecule has 0 unspecified atom stereocenters. The first kappa shape index (κ1) is 13.9. The number of nitrogens with zero attached hydrogens (tertiary/aromatic N) is 7. The zero-order valence-corrected chi connectivity index (χ0v) is 13.8. The molecule has 4 heterocycles. The molecule has 2 fully saturated rings. The summed E-state index contributed by atoms with van der Waals surface area (Å²) in [4.78, 5) is 2.43. The van der Waals surface area contributed by atoms with Crippen LogP contribution in [0.1, 0.15) is 43.1 Å². The third-order valence-corrected chi connectivity index (χ3v) is 5.25. The van der Waals surface area contributed by atoms with E-state index in [1.165, 1.54) is 31.4 Å². The van der Waals surface area contributed by atoms with Gasteiger partial charge in [0, 0.05) is 43.9 Å². The zero-order chi connectivity index (χ0) is 16.1. The lowest BCUT2D eigenvalue weighted by Crippen LogP contribution is -2.32. The lowest BCUT2D eigenvalue weighted by molar-refractivity contribution is 0.606. The van der Waals surface area contributed by atoms with Crippen LogP contribution < -0.4 is 4.90 Å². The molecule has 5 rings (SSSR count). The molecule has 0 N–H and O–H groups in total. The first-order valence-corrected chi connectivity index (χ1v) is 8.75. The fourth-order valence-electron chi connectivity index (χ4n) is 3.74. The monoisotopic (exact) mass is 323 g/mol. The first-order valence-electron chi connectivity index (χ1n) is 8.75. The molecule has 1 aliphatic carbocycles. The van der Waals surface area contributed by atoms with Crippen molar-refractivity contribution in [2.45, 2.75) is 44.1 Å². The van der Waals surface area contributed by atoms with Crippen LogP contribution in [0.3, 0.4) is 0 Å². The summed E-state index contributed by atoms with van der Waals surface area (Å²) in [5.41, 5.74) is 2.12. The van der Waals surface area contributed by atoms with Gasteiger partial charge < -0.3 is 4.90 Å². The van der Waals surface area contributed by atoms with Crippen molar-refractivity contribution in [2.24, 2.45) is 7.05 Å². The van der Waals surface area contributed by atoms with Crippen molar-refractivity contribution < 1.29 is 0 Å². The molecule has 0 spiro atoms. The number of rotatable bonds is 4. The Hall–Kier alpha value is -2.44. The summed E-state index contributed by atoms with van der Waals surface area (Å²) in [5, 5.41) is 17.8. The molecule has 7 heteroatoms. The second-order valence-corrected chi connectivity index (χ2v) is 6.93. The van der Waals surface area contributed by atoms with E-state index in [-0.39, 0.29) is 0 Å². The maximum Gasteiger partial charge on any atom is 0.178 e. The Morgan fingerprint density at radius 3 is 2.83 bits per heavy atom. The number of fused-ring (bicyclic) bond motifs is 1. The van der Waals surface area contributed by atoms with Gasteiger partial charge in [0.1, 0.15) is 5.82 Å². The van der Waals surface area contributed by atoms with E-state index in [9.17, 15) is 0 Å². The van der Waals surface area contributed by atoms with Gasteiger partial charge in [-0.05, 0) is 43.9 Å². The van der Waals surface area contributed by atoms with Crippen LogP contribution >= 0.6 is 0 Å². The van der Waals surface area contributed by atoms with Gasteiger partial charge in [-0.15, -0.1) is 15.3 Å². The SMILES string of the molecule is Cn1nccc1C[C@H]1CCCN1c1ccc2nnc(C3CC3)n2n1. The highest BCUT2D eigenvalue weighted by atomic mass is 15.4. The van der Waals surface area contributed by atoms with E-state index < -0.39 is 0 Å². The van der Waals surface area contributed by atoms with Crippen LogP contribution in [0, 0.1) is 0 Å². The number of hydrogen-bond donors (Lipinski definition) is 0. The first-order chi connectivity index (χ1) is 11.8. The molecule has 2 aliphatic rings. The quantitative estimate of drug-likeness (QED) is 0.734. The minimum Gasteiger partial charge on any atom is -0.352 e. The van der Waals surface area contributed by atoms with Crippen LogP contribution in [0.4, 0.5) is 5.82 Å². The summed E-state index contributed by atoms with van der Waals surface area (Å²) in [6.07, 6.45) is 7.70. The van der Waals surface area contributed by atoms with Gasteiger partial charge in [0.05, 0.1) is 0 Å². The average molecular weight is 323 g/mol. The summed E-state index contributed by atoms with van der Waals surface area (Å²) in [7, 11) is 2.01. The highest BCUT2D eigenvalue weighted by Crippen LogP contribution is 2.39. The smallest absolute Gasteiger partial charge is 0.178 e. The molecular weight excluding hydrogens is 302 g/mol. The maximum atomic E-state index is 4.88. The molecular formula is C17H21N7. The van der Waals surface area contributed by atoms with E-state index in [2.05, 4.69) is 32.3 Å². The summed E-state index contributed by atoms with van der Waals surface area (Å²) in [6, 6.07) is 6.72. The van der Waals surface area contributed by atoms with Crippen LogP contribution in [-0.4, -0.2) is 42.2 Å². The fraction of sp³-hybridized carbons (Fsp3) is 0.529. The molecule has 0 bridgehead atoms. The fourth-order valence-corrected chi connectivity index (χ4v) is 3.74. The highest BCUT2D eigenvalue weighted by Gasteiger charge is 2.31. The number of aromatic nitrogens is 6. The number of anilines is 1. The van der Waals surface area contributed by atoms with E-state index in [0.717, 1.165) is 30.3 Å². The molecule has 1 saturated heterocycles. The highest BCUT2D eigenvalue weighted by molar-refractivity contribution is 5.47. The Balaban J connectivity index is 1.46. The van der Waals surface area contributed by atoms with Gasteiger partial charge in [0.2, 0.25) is 0 Å². The summed E-state index contributed by atoms with van der Waals surface area (Å²) in [5.74, 6) is 2.61. The van der Waals surface area contributed by atoms with Gasteiger partial charge >= 0.3 is 0 Å². The Kier molecular flexibility index (Phi) is 3.08. The van der Waals surface area contributed by atoms with Gasteiger partial charge in [-0.3, -0.25) is 4.68 Å². The molecule has 0 radical (unpaired) electrons. The zero-order valence-electron chi connectivity index (χ0n) is 13.8. The summed E-state index contributed by atoms with van der Waals surface area (Å²) < 4.78 is 3.92. The Morgan fingerprint density at radius 1 is 1.12 bits per heavy atom. The van der Waals surface area contributed by atoms with Crippen molar-refractivity contribution in [1.29, 1.82) is 0 Å². The van der Waals surface area contributed by atoms with E-state index in [1.54, 1.807) is 0 Å². The third kappa shape index (κ3) is 2.26. The van der Waals surface area contributed by atoms with E-state index in [1.807, 2.05) is 28.5 Å². The Bertz CT molecular complexity index is 876. The van der Waals surface area contributed by atoms with E-state index in [0.29, 0.717) is 12.0 Å². The van der Waals surface area contributed by atoms with Crippen LogP contribution in [0.25, 0.3) is 5.65 Å². The molecule has 7 nitrogen and oxygen atoms in total. The lowest BCUT2D eigenvalue weighted by Gasteiger charge is -2.25. The molecule has 3 aromatic heterocycles. The van der Waals surface area contributed by atoms with Gasteiger partial charge in [0.25, 0.3) is 0 Å². The van der Waals surface area contributed by atoms with Crippen LogP contribution in [0.2, 0.25) is 0 Å². The van der Waals surface area contributed by atoms with E-state index >= 15 is 0 Å². The van der Waals surface area contributed by atoms with Crippen molar-refractivity contribution in [3.05, 3.63) is 35.9 Å². The molecule has 0 amide bonds. The maximum absolute atomic E-state index is 4.88. The van der Waals surface area contributed by atoms with Crippen LogP contribution in [-0.2, 0) is 13.5 Å². The summed E-state index contributed by atoms with van der Waals surface area (Å²) >= 11 is 0. The topological polar surface area (TPSA) is 64.1 Å². The number of hydrogen-bond acceptors (Lipinski definition) is 5. The van der Waals surface area contributed by atoms with Crippen molar-refractivity contribution in [3.63, 3.8) is 0 Å². The lowest BCUT2D eigenvalue weighted by atomic mass is 10.1. The molecule has 24 heavy (non-hydrogen) atoms. The molecule has 1 saturated carbocycles. The second kappa shape index (κ2) is 5.29.